The zero-order valence-corrected chi connectivity index (χ0v) is 16.6. The van der Waals surface area contributed by atoms with Crippen molar-refractivity contribution in [2.45, 2.75) is 19.5 Å². The van der Waals surface area contributed by atoms with Gasteiger partial charge in [0, 0.05) is 32.2 Å². The minimum atomic E-state index is -0.408. The molecule has 3 rings (SSSR count). The maximum absolute atomic E-state index is 11.3. The van der Waals surface area contributed by atoms with E-state index in [-0.39, 0.29) is 24.0 Å². The molecule has 0 spiro atoms. The van der Waals surface area contributed by atoms with E-state index in [1.807, 2.05) is 18.2 Å². The number of nitrogens with zero attached hydrogens (tertiary/aromatic N) is 2. The van der Waals surface area contributed by atoms with Crippen molar-refractivity contribution >= 4 is 35.8 Å². The number of nitrogens with one attached hydrogen (secondary N) is 1. The van der Waals surface area contributed by atoms with Crippen LogP contribution in [0, 0.1) is 0 Å². The fourth-order valence-corrected chi connectivity index (χ4v) is 3.02. The highest BCUT2D eigenvalue weighted by molar-refractivity contribution is 14.0. The predicted molar refractivity (Wildman–Crippen MR) is 111 cm³/mol. The summed E-state index contributed by atoms with van der Waals surface area (Å²) in [6.07, 6.45) is 1.02. The van der Waals surface area contributed by atoms with E-state index in [1.54, 1.807) is 13.1 Å². The predicted octanol–water partition coefficient (Wildman–Crippen LogP) is 2.54. The molecule has 2 aromatic rings. The largest absolute Gasteiger partial charge is 0.366 e. The number of carbonyl (C=O) groups excluding carboxylic acids is 1. The van der Waals surface area contributed by atoms with Crippen molar-refractivity contribution in [3.05, 3.63) is 70.8 Å². The molecule has 5 nitrogen and oxygen atoms in total. The van der Waals surface area contributed by atoms with Gasteiger partial charge in [0.1, 0.15) is 0 Å². The number of primary amides is 1. The minimum absolute atomic E-state index is 0. The quantitative estimate of drug-likeness (QED) is 0.429. The Hall–Kier alpha value is -2.09. The van der Waals surface area contributed by atoms with E-state index in [2.05, 4.69) is 39.5 Å². The SMILES string of the molecule is CN=C(NCc1cccc(C(N)=O)c1)N1CCc2ccccc2C1.I. The number of carbonyl (C=O) groups is 1. The lowest BCUT2D eigenvalue weighted by Crippen LogP contribution is -2.43. The first kappa shape index (κ1) is 19.2. The normalized spacial score (nSPS) is 13.6. The number of hydrogen-bond donors (Lipinski definition) is 2. The number of nitrogens with two attached hydrogens (primary N) is 1. The van der Waals surface area contributed by atoms with E-state index in [9.17, 15) is 4.79 Å². The molecule has 2 aromatic carbocycles. The third kappa shape index (κ3) is 4.72. The molecule has 6 heteroatoms. The van der Waals surface area contributed by atoms with E-state index in [1.165, 1.54) is 11.1 Å². The summed E-state index contributed by atoms with van der Waals surface area (Å²) in [6, 6.07) is 15.9. The summed E-state index contributed by atoms with van der Waals surface area (Å²) in [5.41, 5.74) is 9.63. The zero-order valence-electron chi connectivity index (χ0n) is 14.2. The van der Waals surface area contributed by atoms with Gasteiger partial charge in [-0.25, -0.2) is 0 Å². The first-order valence-corrected chi connectivity index (χ1v) is 8.08. The Bertz CT molecular complexity index is 776. The van der Waals surface area contributed by atoms with Gasteiger partial charge in [0.2, 0.25) is 5.91 Å². The molecule has 132 valence electrons. The molecule has 0 radical (unpaired) electrons. The number of guanidine groups is 1. The topological polar surface area (TPSA) is 70.7 Å². The third-order valence-electron chi connectivity index (χ3n) is 4.30. The molecule has 0 aliphatic carbocycles. The van der Waals surface area contributed by atoms with Gasteiger partial charge in [0.05, 0.1) is 0 Å². The highest BCUT2D eigenvalue weighted by atomic mass is 127. The lowest BCUT2D eigenvalue weighted by Gasteiger charge is -2.31. The van der Waals surface area contributed by atoms with Crippen molar-refractivity contribution in [2.24, 2.45) is 10.7 Å². The van der Waals surface area contributed by atoms with Crippen LogP contribution in [0.2, 0.25) is 0 Å². The number of hydrogen-bond acceptors (Lipinski definition) is 2. The van der Waals surface area contributed by atoms with Crippen LogP contribution in [-0.2, 0) is 19.5 Å². The van der Waals surface area contributed by atoms with Gasteiger partial charge in [0.15, 0.2) is 5.96 Å². The fraction of sp³-hybridized carbons (Fsp3) is 0.263. The summed E-state index contributed by atoms with van der Waals surface area (Å²) >= 11 is 0. The molecule has 25 heavy (non-hydrogen) atoms. The molecule has 0 unspecified atom stereocenters. The monoisotopic (exact) mass is 450 g/mol. The second-order valence-corrected chi connectivity index (χ2v) is 5.91. The van der Waals surface area contributed by atoms with Crippen molar-refractivity contribution in [2.75, 3.05) is 13.6 Å². The molecule has 0 atom stereocenters. The molecule has 1 aliphatic rings. The molecule has 1 amide bonds. The molecule has 3 N–H and O–H groups in total. The average molecular weight is 450 g/mol. The van der Waals surface area contributed by atoms with Crippen LogP contribution in [0.3, 0.4) is 0 Å². The Balaban J connectivity index is 0.00000225. The molecule has 1 aliphatic heterocycles. The van der Waals surface area contributed by atoms with Gasteiger partial charge in [-0.2, -0.15) is 0 Å². The van der Waals surface area contributed by atoms with E-state index < -0.39 is 5.91 Å². The van der Waals surface area contributed by atoms with E-state index in [4.69, 9.17) is 5.73 Å². The second-order valence-electron chi connectivity index (χ2n) is 5.91. The highest BCUT2D eigenvalue weighted by Gasteiger charge is 2.18. The molecule has 0 saturated heterocycles. The number of benzene rings is 2. The van der Waals surface area contributed by atoms with Gasteiger partial charge in [0.25, 0.3) is 0 Å². The lowest BCUT2D eigenvalue weighted by atomic mass is 10.0. The second kappa shape index (κ2) is 8.84. The summed E-state index contributed by atoms with van der Waals surface area (Å²) in [6.45, 7) is 2.40. The smallest absolute Gasteiger partial charge is 0.248 e. The molecule has 0 saturated carbocycles. The first-order valence-electron chi connectivity index (χ1n) is 8.08. The molecule has 0 aromatic heterocycles. The summed E-state index contributed by atoms with van der Waals surface area (Å²) in [4.78, 5) is 17.9. The van der Waals surface area contributed by atoms with E-state index in [0.717, 1.165) is 31.0 Å². The molecule has 1 heterocycles. The summed E-state index contributed by atoms with van der Waals surface area (Å²) in [5.74, 6) is 0.461. The standard InChI is InChI=1S/C19H22N4O.HI/c1-21-19(22-12-14-5-4-8-16(11-14)18(20)24)23-10-9-15-6-2-3-7-17(15)13-23;/h2-8,11H,9-10,12-13H2,1H3,(H2,20,24)(H,21,22);1H. The van der Waals surface area contributed by atoms with Gasteiger partial charge in [-0.15, -0.1) is 24.0 Å². The maximum Gasteiger partial charge on any atom is 0.248 e. The van der Waals surface area contributed by atoms with Crippen LogP contribution in [0.4, 0.5) is 0 Å². The summed E-state index contributed by atoms with van der Waals surface area (Å²) in [7, 11) is 1.79. The fourth-order valence-electron chi connectivity index (χ4n) is 3.02. The van der Waals surface area contributed by atoms with Crippen molar-refractivity contribution in [3.8, 4) is 0 Å². The number of rotatable bonds is 3. The number of halogens is 1. The Morgan fingerprint density at radius 3 is 2.68 bits per heavy atom. The van der Waals surface area contributed by atoms with Crippen LogP contribution in [0.15, 0.2) is 53.5 Å². The minimum Gasteiger partial charge on any atom is -0.366 e. The third-order valence-corrected chi connectivity index (χ3v) is 4.30. The first-order chi connectivity index (χ1) is 11.7. The van der Waals surface area contributed by atoms with E-state index >= 15 is 0 Å². The van der Waals surface area contributed by atoms with E-state index in [0.29, 0.717) is 12.1 Å². The van der Waals surface area contributed by atoms with Gasteiger partial charge in [-0.05, 0) is 35.2 Å². The maximum atomic E-state index is 11.3. The molecular weight excluding hydrogens is 427 g/mol. The Labute approximate surface area is 165 Å². The van der Waals surface area contributed by atoms with Gasteiger partial charge in [-0.3, -0.25) is 9.79 Å². The molecule has 0 bridgehead atoms. The zero-order chi connectivity index (χ0) is 16.9. The van der Waals surface area contributed by atoms with Crippen molar-refractivity contribution in [1.82, 2.24) is 10.2 Å². The number of aliphatic imine (C=N–C) groups is 1. The van der Waals surface area contributed by atoms with Crippen molar-refractivity contribution < 1.29 is 4.79 Å². The van der Waals surface area contributed by atoms with Gasteiger partial charge >= 0.3 is 0 Å². The number of amides is 1. The van der Waals surface area contributed by atoms with Gasteiger partial charge < -0.3 is 16.0 Å². The molecule has 0 fully saturated rings. The summed E-state index contributed by atoms with van der Waals surface area (Å²) < 4.78 is 0. The van der Waals surface area contributed by atoms with Crippen molar-refractivity contribution in [1.29, 1.82) is 0 Å². The van der Waals surface area contributed by atoms with Gasteiger partial charge in [-0.1, -0.05) is 36.4 Å². The van der Waals surface area contributed by atoms with Crippen LogP contribution in [0.25, 0.3) is 0 Å². The average Bonchev–Trinajstić information content (AvgIpc) is 2.62. The van der Waals surface area contributed by atoms with Crippen LogP contribution < -0.4 is 11.1 Å². The Kier molecular flexibility index (Phi) is 6.81. The summed E-state index contributed by atoms with van der Waals surface area (Å²) in [5, 5.41) is 3.38. The van der Waals surface area contributed by atoms with Crippen LogP contribution >= 0.6 is 24.0 Å². The van der Waals surface area contributed by atoms with Crippen LogP contribution in [0.1, 0.15) is 27.0 Å². The molecular formula is C19H23IN4O. The number of fused-ring (bicyclic) bond motifs is 1. The Morgan fingerprint density at radius 2 is 1.96 bits per heavy atom. The van der Waals surface area contributed by atoms with Crippen LogP contribution in [-0.4, -0.2) is 30.4 Å². The van der Waals surface area contributed by atoms with Crippen LogP contribution in [0.5, 0.6) is 0 Å². The highest BCUT2D eigenvalue weighted by Crippen LogP contribution is 2.18. The lowest BCUT2D eigenvalue weighted by molar-refractivity contribution is 0.1000. The van der Waals surface area contributed by atoms with Crippen molar-refractivity contribution in [3.63, 3.8) is 0 Å². The Morgan fingerprint density at radius 1 is 1.20 bits per heavy atom.